The van der Waals surface area contributed by atoms with Crippen LogP contribution in [0.2, 0.25) is 5.02 Å². The van der Waals surface area contributed by atoms with E-state index in [1.165, 1.54) is 7.11 Å². The van der Waals surface area contributed by atoms with E-state index in [9.17, 15) is 5.11 Å². The Balaban J connectivity index is 1.71. The molecule has 0 bridgehead atoms. The molecule has 4 rings (SSSR count). The normalized spacial score (nSPS) is 19.5. The Hall–Kier alpha value is -2.50. The Bertz CT molecular complexity index is 1000. The van der Waals surface area contributed by atoms with E-state index in [1.54, 1.807) is 18.3 Å². The number of aromatic hydroxyl groups is 1. The van der Waals surface area contributed by atoms with Crippen LogP contribution in [-0.4, -0.2) is 29.3 Å². The molecule has 1 heterocycles. The minimum Gasteiger partial charge on any atom is -0.503 e. The SMILES string of the molecule is COc1cc(-c2ccc3nc[c]c(N[C@H]4CC[C@@H](N)CC4)c3c2)cc(Cl)c1O. The number of nitrogens with one attached hydrogen (secondary N) is 1. The van der Waals surface area contributed by atoms with Gasteiger partial charge in [0.25, 0.3) is 0 Å². The number of phenols is 1. The maximum Gasteiger partial charge on any atom is 0.176 e. The number of hydrogen-bond acceptors (Lipinski definition) is 5. The van der Waals surface area contributed by atoms with Crippen LogP contribution in [-0.2, 0) is 0 Å². The van der Waals surface area contributed by atoms with Crippen LogP contribution >= 0.6 is 11.6 Å². The lowest BCUT2D eigenvalue weighted by molar-refractivity contribution is 0.374. The summed E-state index contributed by atoms with van der Waals surface area (Å²) in [5, 5.41) is 14.9. The van der Waals surface area contributed by atoms with Gasteiger partial charge in [-0.3, -0.25) is 4.98 Å². The van der Waals surface area contributed by atoms with Crippen LogP contribution in [0.3, 0.4) is 0 Å². The molecule has 1 fully saturated rings. The van der Waals surface area contributed by atoms with Crippen molar-refractivity contribution < 1.29 is 9.84 Å². The molecule has 0 spiro atoms. The molecule has 1 aromatic heterocycles. The molecule has 145 valence electrons. The molecule has 28 heavy (non-hydrogen) atoms. The van der Waals surface area contributed by atoms with Gasteiger partial charge in [0.1, 0.15) is 0 Å². The molecule has 1 radical (unpaired) electrons. The zero-order chi connectivity index (χ0) is 19.7. The summed E-state index contributed by atoms with van der Waals surface area (Å²) in [4.78, 5) is 4.44. The molecule has 5 nitrogen and oxygen atoms in total. The smallest absolute Gasteiger partial charge is 0.176 e. The van der Waals surface area contributed by atoms with Gasteiger partial charge in [0.05, 0.1) is 23.3 Å². The van der Waals surface area contributed by atoms with Gasteiger partial charge in [-0.15, -0.1) is 0 Å². The summed E-state index contributed by atoms with van der Waals surface area (Å²) < 4.78 is 5.23. The summed E-state index contributed by atoms with van der Waals surface area (Å²) >= 11 is 6.17. The first-order valence-corrected chi connectivity index (χ1v) is 9.82. The highest BCUT2D eigenvalue weighted by atomic mass is 35.5. The zero-order valence-electron chi connectivity index (χ0n) is 15.7. The predicted octanol–water partition coefficient (Wildman–Crippen LogP) is 4.75. The number of pyridine rings is 1. The number of ether oxygens (including phenoxy) is 1. The van der Waals surface area contributed by atoms with Gasteiger partial charge in [0.15, 0.2) is 11.5 Å². The van der Waals surface area contributed by atoms with Crippen molar-refractivity contribution in [1.82, 2.24) is 4.98 Å². The van der Waals surface area contributed by atoms with Gasteiger partial charge in [-0.2, -0.15) is 0 Å². The van der Waals surface area contributed by atoms with E-state index in [0.717, 1.165) is 53.4 Å². The van der Waals surface area contributed by atoms with E-state index in [-0.39, 0.29) is 10.8 Å². The Kier molecular flexibility index (Phi) is 5.29. The molecule has 1 aliphatic carbocycles. The van der Waals surface area contributed by atoms with Gasteiger partial charge < -0.3 is 20.9 Å². The molecular formula is C22H23ClN3O2. The Morgan fingerprint density at radius 3 is 2.71 bits per heavy atom. The summed E-state index contributed by atoms with van der Waals surface area (Å²) in [7, 11) is 1.51. The maximum atomic E-state index is 9.99. The number of fused-ring (bicyclic) bond motifs is 1. The third kappa shape index (κ3) is 3.73. The molecule has 0 saturated heterocycles. The molecule has 1 saturated carbocycles. The van der Waals surface area contributed by atoms with Gasteiger partial charge in [-0.1, -0.05) is 17.7 Å². The van der Waals surface area contributed by atoms with Crippen LogP contribution in [0.1, 0.15) is 25.7 Å². The molecule has 0 amide bonds. The second-order valence-electron chi connectivity index (χ2n) is 7.27. The Morgan fingerprint density at radius 2 is 1.96 bits per heavy atom. The molecular weight excluding hydrogens is 374 g/mol. The number of methoxy groups -OCH3 is 1. The van der Waals surface area contributed by atoms with Crippen LogP contribution in [0.5, 0.6) is 11.5 Å². The van der Waals surface area contributed by atoms with Gasteiger partial charge in [0.2, 0.25) is 0 Å². The minimum atomic E-state index is -0.0541. The predicted molar refractivity (Wildman–Crippen MR) is 113 cm³/mol. The highest BCUT2D eigenvalue weighted by Crippen LogP contribution is 2.39. The van der Waals surface area contributed by atoms with Crippen molar-refractivity contribution in [3.05, 3.63) is 47.6 Å². The summed E-state index contributed by atoms with van der Waals surface area (Å²) in [5.41, 5.74) is 9.70. The Labute approximate surface area is 169 Å². The van der Waals surface area contributed by atoms with Crippen LogP contribution in [0.25, 0.3) is 22.0 Å². The lowest BCUT2D eigenvalue weighted by Crippen LogP contribution is -2.32. The quantitative estimate of drug-likeness (QED) is 0.592. The van der Waals surface area contributed by atoms with Crippen molar-refractivity contribution in [2.75, 3.05) is 12.4 Å². The first-order valence-electron chi connectivity index (χ1n) is 9.44. The minimum absolute atomic E-state index is 0.0541. The van der Waals surface area contributed by atoms with Crippen molar-refractivity contribution in [2.24, 2.45) is 5.73 Å². The second kappa shape index (κ2) is 7.86. The van der Waals surface area contributed by atoms with E-state index in [2.05, 4.69) is 22.4 Å². The lowest BCUT2D eigenvalue weighted by Gasteiger charge is -2.28. The lowest BCUT2D eigenvalue weighted by atomic mass is 9.91. The van der Waals surface area contributed by atoms with E-state index >= 15 is 0 Å². The first-order chi connectivity index (χ1) is 13.5. The molecule has 6 heteroatoms. The maximum absolute atomic E-state index is 9.99. The van der Waals surface area contributed by atoms with Crippen molar-refractivity contribution in [2.45, 2.75) is 37.8 Å². The van der Waals surface area contributed by atoms with Crippen LogP contribution < -0.4 is 15.8 Å². The van der Waals surface area contributed by atoms with Gasteiger partial charge in [0, 0.05) is 29.7 Å². The second-order valence-corrected chi connectivity index (χ2v) is 7.68. The topological polar surface area (TPSA) is 80.4 Å². The standard InChI is InChI=1S/C22H23ClN3O2/c1-28-21-12-14(11-18(23)22(21)27)13-2-7-19-17(10-13)20(8-9-25-19)26-16-5-3-15(24)4-6-16/h2,7,9-12,15-16,27H,3-6,24H2,1H3,(H,25,26)/t15-,16+. The summed E-state index contributed by atoms with van der Waals surface area (Å²) in [6, 6.07) is 13.5. The van der Waals surface area contributed by atoms with Crippen molar-refractivity contribution >= 4 is 28.2 Å². The number of halogens is 1. The summed E-state index contributed by atoms with van der Waals surface area (Å²) in [5.74, 6) is 0.291. The number of aromatic nitrogens is 1. The first kappa shape index (κ1) is 18.8. The number of rotatable bonds is 4. The van der Waals surface area contributed by atoms with E-state index in [0.29, 0.717) is 17.8 Å². The number of phenolic OH excluding ortho intramolecular Hbond substituents is 1. The molecule has 0 aliphatic heterocycles. The number of hydrogen-bond donors (Lipinski definition) is 3. The Morgan fingerprint density at radius 1 is 1.18 bits per heavy atom. The summed E-state index contributed by atoms with van der Waals surface area (Å²) in [6.45, 7) is 0. The zero-order valence-corrected chi connectivity index (χ0v) is 16.5. The fourth-order valence-corrected chi connectivity index (χ4v) is 3.97. The average Bonchev–Trinajstić information content (AvgIpc) is 2.71. The molecule has 3 aromatic rings. The van der Waals surface area contributed by atoms with Gasteiger partial charge in [-0.05, 0) is 61.1 Å². The van der Waals surface area contributed by atoms with Crippen molar-refractivity contribution in [3.63, 3.8) is 0 Å². The molecule has 0 atom stereocenters. The fourth-order valence-electron chi connectivity index (χ4n) is 3.76. The molecule has 0 unspecified atom stereocenters. The largest absolute Gasteiger partial charge is 0.503 e. The highest BCUT2D eigenvalue weighted by Gasteiger charge is 2.19. The van der Waals surface area contributed by atoms with Gasteiger partial charge in [-0.25, -0.2) is 0 Å². The molecule has 2 aromatic carbocycles. The van der Waals surface area contributed by atoms with Gasteiger partial charge >= 0.3 is 0 Å². The summed E-state index contributed by atoms with van der Waals surface area (Å²) in [6.07, 6.45) is 5.90. The van der Waals surface area contributed by atoms with E-state index < -0.39 is 0 Å². The molecule has 4 N–H and O–H groups in total. The third-order valence-electron chi connectivity index (χ3n) is 5.38. The number of anilines is 1. The van der Waals surface area contributed by atoms with Crippen LogP contribution in [0.4, 0.5) is 5.69 Å². The van der Waals surface area contributed by atoms with E-state index in [1.807, 2.05) is 12.1 Å². The van der Waals surface area contributed by atoms with E-state index in [4.69, 9.17) is 22.1 Å². The third-order valence-corrected chi connectivity index (χ3v) is 5.67. The monoisotopic (exact) mass is 396 g/mol. The molecule has 1 aliphatic rings. The highest BCUT2D eigenvalue weighted by molar-refractivity contribution is 6.32. The van der Waals surface area contributed by atoms with Crippen LogP contribution in [0.15, 0.2) is 36.5 Å². The van der Waals surface area contributed by atoms with Crippen molar-refractivity contribution in [3.8, 4) is 22.6 Å². The average molecular weight is 397 g/mol. The number of nitrogens with zero attached hydrogens (tertiary/aromatic N) is 1. The fraction of sp³-hybridized carbons (Fsp3) is 0.318. The number of benzene rings is 2. The van der Waals surface area contributed by atoms with Crippen molar-refractivity contribution in [1.29, 1.82) is 0 Å². The van der Waals surface area contributed by atoms with Crippen LogP contribution in [0, 0.1) is 6.07 Å². The number of nitrogens with two attached hydrogens (primary N) is 1.